The first-order valence-electron chi connectivity index (χ1n) is 5.09. The molecule has 84 valence electrons. The molecule has 0 amide bonds. The molecule has 0 fully saturated rings. The summed E-state index contributed by atoms with van der Waals surface area (Å²) in [5, 5.41) is 7.15. The smallest absolute Gasteiger partial charge is 0.294 e. The molecule has 0 saturated heterocycles. The highest BCUT2D eigenvalue weighted by Crippen LogP contribution is 2.10. The lowest BCUT2D eigenvalue weighted by molar-refractivity contribution is 0.0483. The molecular formula is C13H10N2O2. The van der Waals surface area contributed by atoms with E-state index < -0.39 is 5.97 Å². The summed E-state index contributed by atoms with van der Waals surface area (Å²) in [7, 11) is 0. The molecule has 0 saturated carbocycles. The fraction of sp³-hybridized carbons (Fsp3) is 0. The number of rotatable bonds is 3. The Bertz CT molecular complexity index is 509. The lowest BCUT2D eigenvalue weighted by atomic mass is 10.2. The van der Waals surface area contributed by atoms with E-state index in [1.54, 1.807) is 36.4 Å². The first-order chi connectivity index (χ1) is 8.36. The van der Waals surface area contributed by atoms with Gasteiger partial charge in [0.2, 0.25) is 0 Å². The van der Waals surface area contributed by atoms with Crippen LogP contribution in [0.25, 0.3) is 0 Å². The van der Waals surface area contributed by atoms with Gasteiger partial charge >= 0.3 is 5.97 Å². The molecule has 0 aliphatic carbocycles. The summed E-state index contributed by atoms with van der Waals surface area (Å²) in [6.07, 6.45) is 0. The van der Waals surface area contributed by atoms with Gasteiger partial charge in [-0.1, -0.05) is 36.4 Å². The summed E-state index contributed by atoms with van der Waals surface area (Å²) in [4.78, 5) is 16.1. The Kier molecular flexibility index (Phi) is 3.60. The fourth-order valence-electron chi connectivity index (χ4n) is 1.23. The van der Waals surface area contributed by atoms with Gasteiger partial charge in [0.15, 0.2) is 0 Å². The monoisotopic (exact) mass is 226 g/mol. The highest BCUT2D eigenvalue weighted by Gasteiger charge is 2.04. The van der Waals surface area contributed by atoms with Crippen molar-refractivity contribution in [2.24, 2.45) is 10.4 Å². The minimum Gasteiger partial charge on any atom is -0.294 e. The molecule has 4 nitrogen and oxygen atoms in total. The van der Waals surface area contributed by atoms with Gasteiger partial charge in [-0.2, -0.15) is 0 Å². The van der Waals surface area contributed by atoms with Gasteiger partial charge in [-0.25, -0.2) is 4.79 Å². The van der Waals surface area contributed by atoms with Crippen molar-refractivity contribution in [2.45, 2.75) is 0 Å². The van der Waals surface area contributed by atoms with E-state index in [1.807, 2.05) is 24.3 Å². The number of hydrogen-bond acceptors (Lipinski definition) is 4. The molecule has 0 aliphatic heterocycles. The Morgan fingerprint density at radius 3 is 2.12 bits per heavy atom. The van der Waals surface area contributed by atoms with Gasteiger partial charge in [0, 0.05) is 5.28 Å². The molecule has 2 aromatic carbocycles. The Morgan fingerprint density at radius 1 is 0.882 bits per heavy atom. The van der Waals surface area contributed by atoms with Crippen LogP contribution in [-0.2, 0) is 4.84 Å². The molecule has 2 rings (SSSR count). The maximum Gasteiger partial charge on any atom is 0.367 e. The second-order valence-electron chi connectivity index (χ2n) is 3.26. The Balaban J connectivity index is 1.95. The molecule has 0 N–H and O–H groups in total. The van der Waals surface area contributed by atoms with Crippen LogP contribution in [0.2, 0.25) is 0 Å². The predicted molar refractivity (Wildman–Crippen MR) is 62.8 cm³/mol. The minimum absolute atomic E-state index is 0.444. The fourth-order valence-corrected chi connectivity index (χ4v) is 1.23. The zero-order valence-electron chi connectivity index (χ0n) is 8.98. The third kappa shape index (κ3) is 3.24. The van der Waals surface area contributed by atoms with Crippen LogP contribution >= 0.6 is 0 Å². The molecule has 2 aromatic rings. The summed E-state index contributed by atoms with van der Waals surface area (Å²) in [6.45, 7) is 0. The van der Waals surface area contributed by atoms with Crippen molar-refractivity contribution in [2.75, 3.05) is 0 Å². The standard InChI is InChI=1S/C13H10N2O2/c16-13(11-7-3-1-4-8-11)17-15-14-12-9-5-2-6-10-12/h1-10H. The van der Waals surface area contributed by atoms with E-state index >= 15 is 0 Å². The minimum atomic E-state index is -0.523. The molecule has 17 heavy (non-hydrogen) atoms. The Morgan fingerprint density at radius 2 is 1.47 bits per heavy atom. The molecule has 0 atom stereocenters. The number of benzene rings is 2. The highest BCUT2D eigenvalue weighted by atomic mass is 16.7. The van der Waals surface area contributed by atoms with Crippen molar-refractivity contribution < 1.29 is 9.63 Å². The molecule has 0 unspecified atom stereocenters. The van der Waals surface area contributed by atoms with Crippen LogP contribution in [0.1, 0.15) is 10.4 Å². The van der Waals surface area contributed by atoms with Crippen LogP contribution in [0.3, 0.4) is 0 Å². The van der Waals surface area contributed by atoms with Crippen LogP contribution in [-0.4, -0.2) is 5.97 Å². The van der Waals surface area contributed by atoms with Gasteiger partial charge in [0.25, 0.3) is 0 Å². The largest absolute Gasteiger partial charge is 0.367 e. The normalized spacial score (nSPS) is 10.4. The SMILES string of the molecule is O=C(ON=Nc1ccccc1)c1ccccc1. The molecule has 0 aliphatic rings. The van der Waals surface area contributed by atoms with Crippen LogP contribution in [0.5, 0.6) is 0 Å². The van der Waals surface area contributed by atoms with Crippen LogP contribution in [0, 0.1) is 0 Å². The van der Waals surface area contributed by atoms with Gasteiger partial charge in [-0.3, -0.25) is 4.84 Å². The zero-order valence-corrected chi connectivity index (χ0v) is 8.98. The first-order valence-corrected chi connectivity index (χ1v) is 5.09. The van der Waals surface area contributed by atoms with Crippen LogP contribution < -0.4 is 0 Å². The second kappa shape index (κ2) is 5.55. The van der Waals surface area contributed by atoms with E-state index in [0.29, 0.717) is 11.3 Å². The third-order valence-electron chi connectivity index (χ3n) is 2.05. The average Bonchev–Trinajstić information content (AvgIpc) is 2.41. The molecule has 0 radical (unpaired) electrons. The lowest BCUT2D eigenvalue weighted by Crippen LogP contribution is -1.99. The molecule has 0 aromatic heterocycles. The van der Waals surface area contributed by atoms with Crippen molar-refractivity contribution in [3.8, 4) is 0 Å². The highest BCUT2D eigenvalue weighted by molar-refractivity contribution is 5.89. The van der Waals surface area contributed by atoms with Gasteiger partial charge < -0.3 is 0 Å². The van der Waals surface area contributed by atoms with Crippen LogP contribution in [0.15, 0.2) is 71.1 Å². The summed E-state index contributed by atoms with van der Waals surface area (Å²) in [5.74, 6) is -0.523. The summed E-state index contributed by atoms with van der Waals surface area (Å²) in [5.41, 5.74) is 1.08. The second-order valence-corrected chi connectivity index (χ2v) is 3.26. The summed E-state index contributed by atoms with van der Waals surface area (Å²) in [6, 6.07) is 17.7. The third-order valence-corrected chi connectivity index (χ3v) is 2.05. The molecule has 0 bridgehead atoms. The summed E-state index contributed by atoms with van der Waals surface area (Å²) >= 11 is 0. The van der Waals surface area contributed by atoms with Crippen molar-refractivity contribution >= 4 is 11.7 Å². The average molecular weight is 226 g/mol. The molecular weight excluding hydrogens is 216 g/mol. The lowest BCUT2D eigenvalue weighted by Gasteiger charge is -1.95. The van der Waals surface area contributed by atoms with E-state index in [1.165, 1.54) is 0 Å². The van der Waals surface area contributed by atoms with Gasteiger partial charge in [-0.05, 0) is 24.3 Å². The molecule has 0 spiro atoms. The van der Waals surface area contributed by atoms with Gasteiger partial charge in [-0.15, -0.1) is 5.11 Å². The summed E-state index contributed by atoms with van der Waals surface area (Å²) < 4.78 is 0. The van der Waals surface area contributed by atoms with E-state index in [2.05, 4.69) is 15.2 Å². The van der Waals surface area contributed by atoms with E-state index in [-0.39, 0.29) is 0 Å². The van der Waals surface area contributed by atoms with E-state index in [0.717, 1.165) is 0 Å². The maximum atomic E-state index is 11.5. The number of carbonyl (C=O) groups excluding carboxylic acids is 1. The van der Waals surface area contributed by atoms with E-state index in [4.69, 9.17) is 0 Å². The van der Waals surface area contributed by atoms with Crippen molar-refractivity contribution in [3.05, 3.63) is 66.2 Å². The number of hydrogen-bond donors (Lipinski definition) is 0. The van der Waals surface area contributed by atoms with Crippen molar-refractivity contribution in [1.29, 1.82) is 0 Å². The van der Waals surface area contributed by atoms with E-state index in [9.17, 15) is 4.79 Å². The predicted octanol–water partition coefficient (Wildman–Crippen LogP) is 3.54. The quantitative estimate of drug-likeness (QED) is 0.593. The number of nitrogens with zero attached hydrogens (tertiary/aromatic N) is 2. The van der Waals surface area contributed by atoms with Crippen molar-refractivity contribution in [3.63, 3.8) is 0 Å². The zero-order chi connectivity index (χ0) is 11.9. The van der Waals surface area contributed by atoms with Gasteiger partial charge in [0.05, 0.1) is 11.3 Å². The first kappa shape index (κ1) is 11.0. The van der Waals surface area contributed by atoms with Crippen molar-refractivity contribution in [1.82, 2.24) is 0 Å². The molecule has 4 heteroatoms. The Labute approximate surface area is 98.5 Å². The molecule has 0 heterocycles. The van der Waals surface area contributed by atoms with Gasteiger partial charge in [0.1, 0.15) is 0 Å². The Hall–Kier alpha value is -2.49. The maximum absolute atomic E-state index is 11.5. The van der Waals surface area contributed by atoms with Crippen LogP contribution in [0.4, 0.5) is 5.69 Å². The number of carbonyl (C=O) groups is 1. The topological polar surface area (TPSA) is 51.0 Å².